The van der Waals surface area contributed by atoms with Crippen molar-refractivity contribution in [1.82, 2.24) is 5.32 Å². The molecule has 1 amide bonds. The Morgan fingerprint density at radius 1 is 1.35 bits per heavy atom. The minimum Gasteiger partial charge on any atom is -0.489 e. The van der Waals surface area contributed by atoms with Gasteiger partial charge in [-0.05, 0) is 44.0 Å². The molecule has 4 nitrogen and oxygen atoms in total. The Labute approximate surface area is 141 Å². The summed E-state index contributed by atoms with van der Waals surface area (Å²) in [5, 5.41) is 2.81. The lowest BCUT2D eigenvalue weighted by Gasteiger charge is -2.15. The number of halogens is 1. The third kappa shape index (κ3) is 4.76. The van der Waals surface area contributed by atoms with E-state index in [1.54, 1.807) is 13.0 Å². The van der Waals surface area contributed by atoms with Crippen LogP contribution in [0, 0.1) is 6.92 Å². The van der Waals surface area contributed by atoms with Crippen LogP contribution in [0.4, 0.5) is 0 Å². The van der Waals surface area contributed by atoms with Gasteiger partial charge in [-0.15, -0.1) is 11.6 Å². The highest BCUT2D eigenvalue weighted by molar-refractivity contribution is 6.17. The fraction of sp³-hybridized carbons (Fsp3) is 0.389. The summed E-state index contributed by atoms with van der Waals surface area (Å²) in [6.45, 7) is 6.20. The molecular formula is C18H22ClNO3. The second-order valence-electron chi connectivity index (χ2n) is 5.46. The van der Waals surface area contributed by atoms with Crippen LogP contribution >= 0.6 is 11.6 Å². The zero-order valence-electron chi connectivity index (χ0n) is 13.7. The lowest BCUT2D eigenvalue weighted by atomic mass is 10.2. The molecule has 0 bridgehead atoms. The van der Waals surface area contributed by atoms with Gasteiger partial charge in [0.15, 0.2) is 5.76 Å². The summed E-state index contributed by atoms with van der Waals surface area (Å²) in [7, 11) is 0. The number of carbonyl (C=O) groups excluding carboxylic acids is 1. The molecule has 0 saturated heterocycles. The Morgan fingerprint density at radius 2 is 2.04 bits per heavy atom. The van der Waals surface area contributed by atoms with Crippen LogP contribution in [0.5, 0.6) is 5.75 Å². The number of ether oxygens (including phenoxy) is 1. The van der Waals surface area contributed by atoms with Gasteiger partial charge in [-0.1, -0.05) is 19.1 Å². The smallest absolute Gasteiger partial charge is 0.287 e. The Kier molecular flexibility index (Phi) is 6.11. The molecule has 0 fully saturated rings. The van der Waals surface area contributed by atoms with Crippen LogP contribution in [0.25, 0.3) is 0 Å². The highest BCUT2D eigenvalue weighted by Crippen LogP contribution is 2.17. The molecule has 0 saturated carbocycles. The van der Waals surface area contributed by atoms with E-state index in [0.29, 0.717) is 18.2 Å². The fourth-order valence-corrected chi connectivity index (χ4v) is 2.43. The first-order valence-electron chi connectivity index (χ1n) is 7.72. The first kappa shape index (κ1) is 17.4. The van der Waals surface area contributed by atoms with Gasteiger partial charge in [0, 0.05) is 5.56 Å². The molecule has 0 aliphatic carbocycles. The first-order chi connectivity index (χ1) is 11.0. The Balaban J connectivity index is 1.85. The van der Waals surface area contributed by atoms with Gasteiger partial charge in [0.05, 0.1) is 12.4 Å². The molecule has 2 rings (SSSR count). The van der Waals surface area contributed by atoms with Gasteiger partial charge in [0.2, 0.25) is 0 Å². The lowest BCUT2D eigenvalue weighted by molar-refractivity contribution is 0.0903. The highest BCUT2D eigenvalue weighted by atomic mass is 35.5. The summed E-state index contributed by atoms with van der Waals surface area (Å²) in [6, 6.07) is 9.64. The highest BCUT2D eigenvalue weighted by Gasteiger charge is 2.15. The summed E-state index contributed by atoms with van der Waals surface area (Å²) in [4.78, 5) is 12.1. The molecular weight excluding hydrogens is 314 g/mol. The van der Waals surface area contributed by atoms with E-state index in [9.17, 15) is 4.79 Å². The second-order valence-corrected chi connectivity index (χ2v) is 5.73. The zero-order valence-corrected chi connectivity index (χ0v) is 14.4. The Morgan fingerprint density at radius 3 is 2.61 bits per heavy atom. The average molecular weight is 336 g/mol. The van der Waals surface area contributed by atoms with Crippen molar-refractivity contribution in [2.24, 2.45) is 0 Å². The molecule has 1 aromatic heterocycles. The minimum atomic E-state index is -0.263. The summed E-state index contributed by atoms with van der Waals surface area (Å²) < 4.78 is 11.2. The molecule has 0 spiro atoms. The van der Waals surface area contributed by atoms with E-state index in [2.05, 4.69) is 12.2 Å². The SMILES string of the molecule is CCc1ccc(OC(C)CNC(=O)c2cc(CCl)c(C)o2)cc1. The molecule has 0 aliphatic rings. The molecule has 1 N–H and O–H groups in total. The third-order valence-corrected chi connectivity index (χ3v) is 3.90. The van der Waals surface area contributed by atoms with Crippen molar-refractivity contribution in [3.05, 3.63) is 53.0 Å². The monoisotopic (exact) mass is 335 g/mol. The van der Waals surface area contributed by atoms with Gasteiger partial charge in [0.25, 0.3) is 5.91 Å². The van der Waals surface area contributed by atoms with Crippen molar-refractivity contribution in [3.63, 3.8) is 0 Å². The Bertz CT molecular complexity index is 649. The predicted molar refractivity (Wildman–Crippen MR) is 91.2 cm³/mol. The van der Waals surface area contributed by atoms with Crippen LogP contribution < -0.4 is 10.1 Å². The number of amides is 1. The van der Waals surface area contributed by atoms with Crippen LogP contribution in [0.2, 0.25) is 0 Å². The average Bonchev–Trinajstić information content (AvgIpc) is 2.94. The molecule has 0 radical (unpaired) electrons. The number of furan rings is 1. The normalized spacial score (nSPS) is 12.0. The molecule has 1 unspecified atom stereocenters. The number of hydrogen-bond acceptors (Lipinski definition) is 3. The van der Waals surface area contributed by atoms with E-state index >= 15 is 0 Å². The van der Waals surface area contributed by atoms with Crippen molar-refractivity contribution in [3.8, 4) is 5.75 Å². The predicted octanol–water partition coefficient (Wildman–Crippen LogP) is 4.09. The van der Waals surface area contributed by atoms with E-state index in [1.807, 2.05) is 31.2 Å². The molecule has 0 aliphatic heterocycles. The van der Waals surface area contributed by atoms with E-state index in [1.165, 1.54) is 5.56 Å². The number of rotatable bonds is 7. The molecule has 2 aromatic rings. The largest absolute Gasteiger partial charge is 0.489 e. The number of hydrogen-bond donors (Lipinski definition) is 1. The topological polar surface area (TPSA) is 51.5 Å². The van der Waals surface area contributed by atoms with Crippen LogP contribution in [-0.2, 0) is 12.3 Å². The van der Waals surface area contributed by atoms with Gasteiger partial charge in [-0.25, -0.2) is 0 Å². The zero-order chi connectivity index (χ0) is 16.8. The van der Waals surface area contributed by atoms with E-state index in [4.69, 9.17) is 20.8 Å². The number of carbonyl (C=O) groups is 1. The number of nitrogens with one attached hydrogen (secondary N) is 1. The third-order valence-electron chi connectivity index (χ3n) is 3.61. The van der Waals surface area contributed by atoms with Gasteiger partial charge in [-0.3, -0.25) is 4.79 Å². The van der Waals surface area contributed by atoms with Crippen LogP contribution in [0.3, 0.4) is 0 Å². The van der Waals surface area contributed by atoms with Gasteiger partial charge < -0.3 is 14.5 Å². The maximum atomic E-state index is 12.1. The first-order valence-corrected chi connectivity index (χ1v) is 8.26. The summed E-state index contributed by atoms with van der Waals surface area (Å²) in [6.07, 6.45) is 0.855. The van der Waals surface area contributed by atoms with Crippen molar-refractivity contribution < 1.29 is 13.9 Å². The van der Waals surface area contributed by atoms with Gasteiger partial charge in [-0.2, -0.15) is 0 Å². The van der Waals surface area contributed by atoms with E-state index in [0.717, 1.165) is 17.7 Å². The maximum Gasteiger partial charge on any atom is 0.287 e. The van der Waals surface area contributed by atoms with Crippen LogP contribution in [0.15, 0.2) is 34.7 Å². The van der Waals surface area contributed by atoms with Crippen molar-refractivity contribution in [2.45, 2.75) is 39.2 Å². The number of benzene rings is 1. The fourth-order valence-electron chi connectivity index (χ4n) is 2.17. The molecule has 1 atom stereocenters. The molecule has 23 heavy (non-hydrogen) atoms. The lowest BCUT2D eigenvalue weighted by Crippen LogP contribution is -2.33. The van der Waals surface area contributed by atoms with Crippen molar-refractivity contribution >= 4 is 17.5 Å². The number of alkyl halides is 1. The standard InChI is InChI=1S/C18H22ClNO3/c1-4-14-5-7-16(8-6-14)22-12(2)11-20-18(21)17-9-15(10-19)13(3)23-17/h5-9,12H,4,10-11H2,1-3H3,(H,20,21). The summed E-state index contributed by atoms with van der Waals surface area (Å²) in [5.41, 5.74) is 2.10. The molecule has 124 valence electrons. The molecule has 5 heteroatoms. The van der Waals surface area contributed by atoms with Crippen LogP contribution in [-0.4, -0.2) is 18.6 Å². The quantitative estimate of drug-likeness (QED) is 0.775. The number of aryl methyl sites for hydroxylation is 2. The Hall–Kier alpha value is -1.94. The van der Waals surface area contributed by atoms with Crippen molar-refractivity contribution in [2.75, 3.05) is 6.54 Å². The van der Waals surface area contributed by atoms with E-state index < -0.39 is 0 Å². The van der Waals surface area contributed by atoms with E-state index in [-0.39, 0.29) is 17.8 Å². The van der Waals surface area contributed by atoms with Crippen molar-refractivity contribution in [1.29, 1.82) is 0 Å². The second kappa shape index (κ2) is 8.06. The summed E-state index contributed by atoms with van der Waals surface area (Å²) >= 11 is 5.78. The van der Waals surface area contributed by atoms with Gasteiger partial charge in [0.1, 0.15) is 17.6 Å². The van der Waals surface area contributed by atoms with Gasteiger partial charge >= 0.3 is 0 Å². The maximum absolute atomic E-state index is 12.1. The molecule has 1 aromatic carbocycles. The minimum absolute atomic E-state index is 0.144. The summed E-state index contributed by atoms with van der Waals surface area (Å²) in [5.74, 6) is 1.81. The molecule has 1 heterocycles. The van der Waals surface area contributed by atoms with Crippen LogP contribution in [0.1, 0.15) is 41.3 Å².